The number of piperazine rings is 1. The first kappa shape index (κ1) is 13.8. The van der Waals surface area contributed by atoms with Gasteiger partial charge in [-0.3, -0.25) is 14.5 Å². The van der Waals surface area contributed by atoms with E-state index in [1.54, 1.807) is 0 Å². The Morgan fingerprint density at radius 1 is 1.25 bits per heavy atom. The standard InChI is InChI=1S/C14H22N2O4/c1-10-9-11(14(18)20-10)15-4-6-16(7-5-15)13(17)12-3-2-8-19-12/h10-12H,2-9H2,1H3. The summed E-state index contributed by atoms with van der Waals surface area (Å²) in [5.74, 6) is 0.000851. The van der Waals surface area contributed by atoms with E-state index in [1.165, 1.54) is 0 Å². The molecule has 0 bridgehead atoms. The lowest BCUT2D eigenvalue weighted by Crippen LogP contribution is -2.54. The van der Waals surface area contributed by atoms with E-state index in [9.17, 15) is 9.59 Å². The highest BCUT2D eigenvalue weighted by Gasteiger charge is 2.39. The van der Waals surface area contributed by atoms with Gasteiger partial charge in [-0.2, -0.15) is 0 Å². The highest BCUT2D eigenvalue weighted by atomic mass is 16.6. The summed E-state index contributed by atoms with van der Waals surface area (Å²) in [6.45, 7) is 5.46. The summed E-state index contributed by atoms with van der Waals surface area (Å²) in [6, 6.07) is -0.120. The average molecular weight is 282 g/mol. The zero-order valence-electron chi connectivity index (χ0n) is 11.9. The molecule has 3 rings (SSSR count). The fraction of sp³-hybridized carbons (Fsp3) is 0.857. The molecule has 20 heavy (non-hydrogen) atoms. The first-order valence-corrected chi connectivity index (χ1v) is 7.50. The lowest BCUT2D eigenvalue weighted by atomic mass is 10.1. The molecule has 3 fully saturated rings. The van der Waals surface area contributed by atoms with E-state index >= 15 is 0 Å². The van der Waals surface area contributed by atoms with Gasteiger partial charge in [0.25, 0.3) is 5.91 Å². The van der Waals surface area contributed by atoms with E-state index in [4.69, 9.17) is 9.47 Å². The number of carbonyl (C=O) groups excluding carboxylic acids is 2. The number of cyclic esters (lactones) is 1. The number of carbonyl (C=O) groups is 2. The third kappa shape index (κ3) is 2.67. The maximum absolute atomic E-state index is 12.2. The summed E-state index contributed by atoms with van der Waals surface area (Å²) in [6.07, 6.45) is 2.35. The lowest BCUT2D eigenvalue weighted by Gasteiger charge is -2.37. The summed E-state index contributed by atoms with van der Waals surface area (Å²) < 4.78 is 10.6. The molecule has 0 N–H and O–H groups in total. The summed E-state index contributed by atoms with van der Waals surface area (Å²) in [5, 5.41) is 0. The van der Waals surface area contributed by atoms with Crippen LogP contribution in [0.15, 0.2) is 0 Å². The predicted octanol–water partition coefficient (Wildman–Crippen LogP) is 0.0136. The third-order valence-corrected chi connectivity index (χ3v) is 4.42. The molecule has 0 aromatic heterocycles. The zero-order valence-corrected chi connectivity index (χ0v) is 11.9. The Morgan fingerprint density at radius 3 is 2.55 bits per heavy atom. The van der Waals surface area contributed by atoms with Crippen LogP contribution in [0.1, 0.15) is 26.2 Å². The van der Waals surface area contributed by atoms with E-state index in [0.717, 1.165) is 32.4 Å². The van der Waals surface area contributed by atoms with Gasteiger partial charge in [0.15, 0.2) is 0 Å². The minimum Gasteiger partial charge on any atom is -0.461 e. The molecule has 0 aromatic rings. The van der Waals surface area contributed by atoms with Crippen molar-refractivity contribution in [2.24, 2.45) is 0 Å². The summed E-state index contributed by atoms with van der Waals surface area (Å²) in [5.41, 5.74) is 0. The summed E-state index contributed by atoms with van der Waals surface area (Å²) >= 11 is 0. The minimum atomic E-state index is -0.238. The van der Waals surface area contributed by atoms with Crippen LogP contribution in [0.5, 0.6) is 0 Å². The van der Waals surface area contributed by atoms with Crippen molar-refractivity contribution in [3.05, 3.63) is 0 Å². The first-order valence-electron chi connectivity index (χ1n) is 7.50. The van der Waals surface area contributed by atoms with Gasteiger partial charge in [0.2, 0.25) is 0 Å². The Balaban J connectivity index is 1.51. The van der Waals surface area contributed by atoms with Crippen molar-refractivity contribution in [1.29, 1.82) is 0 Å². The van der Waals surface area contributed by atoms with Gasteiger partial charge in [-0.05, 0) is 19.8 Å². The molecule has 112 valence electrons. The van der Waals surface area contributed by atoms with Crippen LogP contribution in [0.2, 0.25) is 0 Å². The molecule has 0 radical (unpaired) electrons. The van der Waals surface area contributed by atoms with Gasteiger partial charge in [0.1, 0.15) is 18.2 Å². The number of rotatable bonds is 2. The van der Waals surface area contributed by atoms with Crippen molar-refractivity contribution in [2.45, 2.75) is 44.4 Å². The van der Waals surface area contributed by atoms with Crippen LogP contribution >= 0.6 is 0 Å². The molecule has 3 heterocycles. The minimum absolute atomic E-state index is 0.0130. The fourth-order valence-electron chi connectivity index (χ4n) is 3.26. The van der Waals surface area contributed by atoms with Gasteiger partial charge >= 0.3 is 5.97 Å². The van der Waals surface area contributed by atoms with Crippen LogP contribution in [0.4, 0.5) is 0 Å². The van der Waals surface area contributed by atoms with Crippen LogP contribution in [-0.2, 0) is 19.1 Å². The molecule has 3 unspecified atom stereocenters. The highest BCUT2D eigenvalue weighted by molar-refractivity contribution is 5.81. The molecule has 0 aromatic carbocycles. The van der Waals surface area contributed by atoms with Crippen molar-refractivity contribution in [2.75, 3.05) is 32.8 Å². The Labute approximate surface area is 119 Å². The first-order chi connectivity index (χ1) is 9.65. The summed E-state index contributed by atoms with van der Waals surface area (Å²) in [7, 11) is 0. The number of amides is 1. The molecule has 0 saturated carbocycles. The second-order valence-corrected chi connectivity index (χ2v) is 5.86. The number of nitrogens with zero attached hydrogens (tertiary/aromatic N) is 2. The monoisotopic (exact) mass is 282 g/mol. The maximum Gasteiger partial charge on any atom is 0.323 e. The van der Waals surface area contributed by atoms with Gasteiger partial charge in [-0.1, -0.05) is 0 Å². The van der Waals surface area contributed by atoms with Gasteiger partial charge in [0, 0.05) is 39.2 Å². The summed E-state index contributed by atoms with van der Waals surface area (Å²) in [4.78, 5) is 28.0. The number of hydrogen-bond donors (Lipinski definition) is 0. The maximum atomic E-state index is 12.2. The second-order valence-electron chi connectivity index (χ2n) is 5.86. The van der Waals surface area contributed by atoms with Gasteiger partial charge in [-0.15, -0.1) is 0 Å². The molecule has 1 amide bonds. The smallest absolute Gasteiger partial charge is 0.323 e. The second kappa shape index (κ2) is 5.69. The molecule has 3 atom stereocenters. The highest BCUT2D eigenvalue weighted by Crippen LogP contribution is 2.22. The number of ether oxygens (including phenoxy) is 2. The van der Waals surface area contributed by atoms with Crippen molar-refractivity contribution >= 4 is 11.9 Å². The average Bonchev–Trinajstić information content (AvgIpc) is 3.08. The molecule has 0 spiro atoms. The van der Waals surface area contributed by atoms with Crippen molar-refractivity contribution < 1.29 is 19.1 Å². The molecule has 6 nitrogen and oxygen atoms in total. The Bertz CT molecular complexity index is 387. The molecular weight excluding hydrogens is 260 g/mol. The van der Waals surface area contributed by atoms with Crippen LogP contribution in [0.25, 0.3) is 0 Å². The lowest BCUT2D eigenvalue weighted by molar-refractivity contribution is -0.146. The Hall–Kier alpha value is -1.14. The van der Waals surface area contributed by atoms with E-state index in [1.807, 2.05) is 11.8 Å². The van der Waals surface area contributed by atoms with E-state index in [-0.39, 0.29) is 30.1 Å². The van der Waals surface area contributed by atoms with Gasteiger partial charge < -0.3 is 14.4 Å². The molecule has 6 heteroatoms. The fourth-order valence-corrected chi connectivity index (χ4v) is 3.26. The van der Waals surface area contributed by atoms with Crippen molar-refractivity contribution in [3.8, 4) is 0 Å². The molecule has 0 aliphatic carbocycles. The van der Waals surface area contributed by atoms with Crippen LogP contribution in [-0.4, -0.2) is 72.7 Å². The normalized spacial score (nSPS) is 35.4. The molecular formula is C14H22N2O4. The topological polar surface area (TPSA) is 59.1 Å². The zero-order chi connectivity index (χ0) is 14.1. The van der Waals surface area contributed by atoms with Crippen molar-refractivity contribution in [1.82, 2.24) is 9.80 Å². The van der Waals surface area contributed by atoms with Crippen LogP contribution in [0.3, 0.4) is 0 Å². The van der Waals surface area contributed by atoms with E-state index in [0.29, 0.717) is 19.7 Å². The van der Waals surface area contributed by atoms with E-state index < -0.39 is 0 Å². The predicted molar refractivity (Wildman–Crippen MR) is 71.1 cm³/mol. The number of esters is 1. The Kier molecular flexibility index (Phi) is 3.94. The van der Waals surface area contributed by atoms with Gasteiger partial charge in [0.05, 0.1) is 0 Å². The van der Waals surface area contributed by atoms with Crippen molar-refractivity contribution in [3.63, 3.8) is 0 Å². The quantitative estimate of drug-likeness (QED) is 0.668. The van der Waals surface area contributed by atoms with Crippen LogP contribution in [0, 0.1) is 0 Å². The molecule has 3 aliphatic heterocycles. The third-order valence-electron chi connectivity index (χ3n) is 4.42. The molecule has 3 aliphatic rings. The van der Waals surface area contributed by atoms with Gasteiger partial charge in [-0.25, -0.2) is 0 Å². The van der Waals surface area contributed by atoms with Crippen LogP contribution < -0.4 is 0 Å². The Morgan fingerprint density at radius 2 is 2.00 bits per heavy atom. The van der Waals surface area contributed by atoms with E-state index in [2.05, 4.69) is 4.90 Å². The largest absolute Gasteiger partial charge is 0.461 e. The SMILES string of the molecule is CC1CC(N2CCN(C(=O)C3CCCO3)CC2)C(=O)O1. The number of hydrogen-bond acceptors (Lipinski definition) is 5. The molecule has 3 saturated heterocycles.